The number of hydrogen-bond donors (Lipinski definition) is 0. The second-order valence-electron chi connectivity index (χ2n) is 5.62. The van der Waals surface area contributed by atoms with Crippen LogP contribution in [-0.2, 0) is 13.1 Å². The van der Waals surface area contributed by atoms with Gasteiger partial charge >= 0.3 is 0 Å². The number of benzene rings is 1. The van der Waals surface area contributed by atoms with Gasteiger partial charge in [-0.2, -0.15) is 10.4 Å². The van der Waals surface area contributed by atoms with Crippen LogP contribution in [0.2, 0.25) is 0 Å². The van der Waals surface area contributed by atoms with Crippen LogP contribution in [0, 0.1) is 11.3 Å². The Bertz CT molecular complexity index is 615. The van der Waals surface area contributed by atoms with Crippen molar-refractivity contribution in [3.05, 3.63) is 42.2 Å². The molecule has 0 unspecified atom stereocenters. The predicted molar refractivity (Wildman–Crippen MR) is 82.4 cm³/mol. The van der Waals surface area contributed by atoms with Gasteiger partial charge in [0.05, 0.1) is 12.3 Å². The first-order valence-corrected chi connectivity index (χ1v) is 7.56. The Kier molecular flexibility index (Phi) is 4.32. The molecule has 1 aromatic heterocycles. The van der Waals surface area contributed by atoms with Gasteiger partial charge < -0.3 is 0 Å². The lowest BCUT2D eigenvalue weighted by atomic mass is 10.1. The summed E-state index contributed by atoms with van der Waals surface area (Å²) in [5.74, 6) is 0. The highest BCUT2D eigenvalue weighted by Gasteiger charge is 2.10. The zero-order valence-electron chi connectivity index (χ0n) is 12.2. The molecule has 108 valence electrons. The zero-order valence-corrected chi connectivity index (χ0v) is 12.2. The van der Waals surface area contributed by atoms with Crippen LogP contribution in [-0.4, -0.2) is 27.8 Å². The van der Waals surface area contributed by atoms with Crippen LogP contribution in [0.25, 0.3) is 11.1 Å². The van der Waals surface area contributed by atoms with E-state index in [1.165, 1.54) is 37.9 Å². The van der Waals surface area contributed by atoms with Crippen LogP contribution >= 0.6 is 0 Å². The summed E-state index contributed by atoms with van der Waals surface area (Å²) in [6.45, 7) is 3.80. The standard InChI is InChI=1S/C17H20N4/c18-8-11-21-14-17(12-19-21)16-6-4-15(5-7-16)13-20-9-2-1-3-10-20/h4-7,12,14H,1-3,9-11,13H2. The highest BCUT2D eigenvalue weighted by Crippen LogP contribution is 2.20. The molecule has 0 spiro atoms. The zero-order chi connectivity index (χ0) is 14.5. The van der Waals surface area contributed by atoms with Crippen molar-refractivity contribution in [3.63, 3.8) is 0 Å². The van der Waals surface area contributed by atoms with E-state index < -0.39 is 0 Å². The van der Waals surface area contributed by atoms with E-state index in [1.54, 1.807) is 4.68 Å². The molecule has 0 amide bonds. The van der Waals surface area contributed by atoms with E-state index in [9.17, 15) is 0 Å². The number of piperidine rings is 1. The average molecular weight is 280 g/mol. The van der Waals surface area contributed by atoms with Gasteiger partial charge in [-0.15, -0.1) is 0 Å². The number of nitrogens with zero attached hydrogens (tertiary/aromatic N) is 4. The van der Waals surface area contributed by atoms with Crippen LogP contribution in [0.1, 0.15) is 24.8 Å². The molecule has 0 atom stereocenters. The summed E-state index contributed by atoms with van der Waals surface area (Å²) in [4.78, 5) is 2.53. The topological polar surface area (TPSA) is 44.9 Å². The fourth-order valence-electron chi connectivity index (χ4n) is 2.85. The van der Waals surface area contributed by atoms with E-state index in [1.807, 2.05) is 12.4 Å². The molecule has 0 bridgehead atoms. The van der Waals surface area contributed by atoms with Crippen molar-refractivity contribution in [1.29, 1.82) is 5.26 Å². The summed E-state index contributed by atoms with van der Waals surface area (Å²) in [6, 6.07) is 10.8. The third-order valence-corrected chi connectivity index (χ3v) is 4.01. The molecule has 1 saturated heterocycles. The molecule has 21 heavy (non-hydrogen) atoms. The first kappa shape index (κ1) is 13.8. The van der Waals surface area contributed by atoms with E-state index in [2.05, 4.69) is 40.3 Å². The number of aromatic nitrogens is 2. The Morgan fingerprint density at radius 1 is 1.05 bits per heavy atom. The molecule has 1 fully saturated rings. The molecule has 0 aliphatic carbocycles. The molecule has 0 N–H and O–H groups in total. The third-order valence-electron chi connectivity index (χ3n) is 4.01. The minimum absolute atomic E-state index is 0.299. The largest absolute Gasteiger partial charge is 0.299 e. The van der Waals surface area contributed by atoms with Crippen molar-refractivity contribution in [3.8, 4) is 17.2 Å². The summed E-state index contributed by atoms with van der Waals surface area (Å²) in [5.41, 5.74) is 3.58. The van der Waals surface area contributed by atoms with Crippen molar-refractivity contribution in [2.75, 3.05) is 13.1 Å². The SMILES string of the molecule is N#CCn1cc(-c2ccc(CN3CCCCC3)cc2)cn1. The van der Waals surface area contributed by atoms with Crippen LogP contribution in [0.3, 0.4) is 0 Å². The number of likely N-dealkylation sites (tertiary alicyclic amines) is 1. The third kappa shape index (κ3) is 3.50. The highest BCUT2D eigenvalue weighted by atomic mass is 15.3. The molecular weight excluding hydrogens is 260 g/mol. The summed E-state index contributed by atoms with van der Waals surface area (Å²) in [5, 5.41) is 12.9. The van der Waals surface area contributed by atoms with E-state index >= 15 is 0 Å². The molecule has 1 aromatic carbocycles. The Labute approximate surface area is 125 Å². The lowest BCUT2D eigenvalue weighted by Crippen LogP contribution is -2.28. The maximum atomic E-state index is 8.68. The van der Waals surface area contributed by atoms with Crippen LogP contribution < -0.4 is 0 Å². The summed E-state index contributed by atoms with van der Waals surface area (Å²) in [7, 11) is 0. The molecule has 2 aromatic rings. The molecule has 3 rings (SSSR count). The van der Waals surface area contributed by atoms with Gasteiger partial charge in [-0.05, 0) is 37.1 Å². The minimum atomic E-state index is 0.299. The van der Waals surface area contributed by atoms with Gasteiger partial charge in [-0.3, -0.25) is 9.58 Å². The molecule has 0 radical (unpaired) electrons. The van der Waals surface area contributed by atoms with Gasteiger partial charge in [0.1, 0.15) is 6.54 Å². The van der Waals surface area contributed by atoms with E-state index in [4.69, 9.17) is 5.26 Å². The molecule has 4 nitrogen and oxygen atoms in total. The fraction of sp³-hybridized carbons (Fsp3) is 0.412. The fourth-order valence-corrected chi connectivity index (χ4v) is 2.85. The smallest absolute Gasteiger partial charge is 0.128 e. The van der Waals surface area contributed by atoms with Gasteiger partial charge in [0.25, 0.3) is 0 Å². The van der Waals surface area contributed by atoms with Crippen molar-refractivity contribution < 1.29 is 0 Å². The maximum absolute atomic E-state index is 8.68. The lowest BCUT2D eigenvalue weighted by Gasteiger charge is -2.26. The second kappa shape index (κ2) is 6.55. The van der Waals surface area contributed by atoms with Gasteiger partial charge in [0.2, 0.25) is 0 Å². The van der Waals surface area contributed by atoms with E-state index in [0.717, 1.165) is 17.7 Å². The minimum Gasteiger partial charge on any atom is -0.299 e. The number of rotatable bonds is 4. The first-order chi connectivity index (χ1) is 10.3. The van der Waals surface area contributed by atoms with Gasteiger partial charge in [-0.25, -0.2) is 0 Å². The average Bonchev–Trinajstić information content (AvgIpc) is 2.98. The summed E-state index contributed by atoms with van der Waals surface area (Å²) < 4.78 is 1.66. The van der Waals surface area contributed by atoms with Crippen molar-refractivity contribution in [2.24, 2.45) is 0 Å². The molecule has 1 aliphatic rings. The maximum Gasteiger partial charge on any atom is 0.128 e. The quantitative estimate of drug-likeness (QED) is 0.864. The normalized spacial score (nSPS) is 15.8. The van der Waals surface area contributed by atoms with E-state index in [0.29, 0.717) is 6.54 Å². The monoisotopic (exact) mass is 280 g/mol. The molecular formula is C17H20N4. The molecule has 0 saturated carbocycles. The van der Waals surface area contributed by atoms with Crippen molar-refractivity contribution in [2.45, 2.75) is 32.4 Å². The van der Waals surface area contributed by atoms with Gasteiger partial charge in [0.15, 0.2) is 0 Å². The summed E-state index contributed by atoms with van der Waals surface area (Å²) >= 11 is 0. The predicted octanol–water partition coefficient (Wildman–Crippen LogP) is 3.06. The van der Waals surface area contributed by atoms with Gasteiger partial charge in [0, 0.05) is 18.3 Å². The molecule has 1 aliphatic heterocycles. The number of hydrogen-bond acceptors (Lipinski definition) is 3. The highest BCUT2D eigenvalue weighted by molar-refractivity contribution is 5.61. The Hall–Kier alpha value is -2.12. The van der Waals surface area contributed by atoms with Crippen molar-refractivity contribution >= 4 is 0 Å². The first-order valence-electron chi connectivity index (χ1n) is 7.56. The lowest BCUT2D eigenvalue weighted by molar-refractivity contribution is 0.221. The van der Waals surface area contributed by atoms with Crippen LogP contribution in [0.5, 0.6) is 0 Å². The van der Waals surface area contributed by atoms with E-state index in [-0.39, 0.29) is 0 Å². The Balaban J connectivity index is 1.66. The van der Waals surface area contributed by atoms with Crippen LogP contribution in [0.15, 0.2) is 36.7 Å². The Morgan fingerprint density at radius 3 is 2.52 bits per heavy atom. The van der Waals surface area contributed by atoms with Crippen molar-refractivity contribution in [1.82, 2.24) is 14.7 Å². The van der Waals surface area contributed by atoms with Crippen LogP contribution in [0.4, 0.5) is 0 Å². The Morgan fingerprint density at radius 2 is 1.81 bits per heavy atom. The second-order valence-corrected chi connectivity index (χ2v) is 5.62. The summed E-state index contributed by atoms with van der Waals surface area (Å²) in [6.07, 6.45) is 7.77. The van der Waals surface area contributed by atoms with Gasteiger partial charge in [-0.1, -0.05) is 30.7 Å². The molecule has 4 heteroatoms. The molecule has 2 heterocycles. The number of nitriles is 1.